The first kappa shape index (κ1) is 20.5. The summed E-state index contributed by atoms with van der Waals surface area (Å²) in [5.74, 6) is -0.0421. The monoisotopic (exact) mass is 454 g/mol. The van der Waals surface area contributed by atoms with E-state index in [1.165, 1.54) is 11.1 Å². The Bertz CT molecular complexity index is 1370. The molecule has 6 atom stereocenters. The Morgan fingerprint density at radius 1 is 0.647 bits per heavy atom. The van der Waals surface area contributed by atoms with Gasteiger partial charge in [-0.25, -0.2) is 8.78 Å². The smallest absolute Gasteiger partial charge is 0.125 e. The molecule has 1 saturated carbocycles. The van der Waals surface area contributed by atoms with Crippen LogP contribution in [0.25, 0.3) is 0 Å². The van der Waals surface area contributed by atoms with Crippen LogP contribution in [0.3, 0.4) is 0 Å². The van der Waals surface area contributed by atoms with E-state index < -0.39 is 0 Å². The fraction of sp³-hybridized carbons (Fsp3) is 0.400. The van der Waals surface area contributed by atoms with Crippen LogP contribution in [0.15, 0.2) is 69.7 Å². The highest BCUT2D eigenvalue weighted by atomic mass is 19.1. The maximum atomic E-state index is 14.2. The molecule has 7 rings (SSSR count). The Labute approximate surface area is 199 Å². The van der Waals surface area contributed by atoms with Gasteiger partial charge in [-0.05, 0) is 96.9 Å². The van der Waals surface area contributed by atoms with Crippen molar-refractivity contribution in [3.8, 4) is 0 Å². The fourth-order valence-electron chi connectivity index (χ4n) is 9.09. The molecule has 2 heterocycles. The summed E-state index contributed by atoms with van der Waals surface area (Å²) < 4.78 is 28.4. The Balaban J connectivity index is 1.53. The first-order chi connectivity index (χ1) is 16.0. The van der Waals surface area contributed by atoms with E-state index in [1.54, 1.807) is 24.3 Å². The van der Waals surface area contributed by atoms with Crippen molar-refractivity contribution in [2.45, 2.75) is 52.4 Å². The first-order valence-corrected chi connectivity index (χ1v) is 12.1. The van der Waals surface area contributed by atoms with Crippen LogP contribution in [-0.4, -0.2) is 11.4 Å². The lowest BCUT2D eigenvalue weighted by molar-refractivity contribution is -0.171. The minimum absolute atomic E-state index is 0.107. The summed E-state index contributed by atoms with van der Waals surface area (Å²) in [4.78, 5) is 9.98. The zero-order valence-electron chi connectivity index (χ0n) is 20.4. The van der Waals surface area contributed by atoms with Crippen LogP contribution in [0, 0.1) is 34.3 Å². The summed E-state index contributed by atoms with van der Waals surface area (Å²) in [5, 5.41) is 0. The number of halogens is 2. The molecule has 5 aliphatic rings. The molecule has 0 saturated heterocycles. The van der Waals surface area contributed by atoms with Gasteiger partial charge in [0.2, 0.25) is 0 Å². The van der Waals surface area contributed by atoms with E-state index in [0.29, 0.717) is 0 Å². The van der Waals surface area contributed by atoms with Gasteiger partial charge in [-0.15, -0.1) is 0 Å². The highest BCUT2D eigenvalue weighted by Crippen LogP contribution is 2.80. The molecule has 34 heavy (non-hydrogen) atoms. The first-order valence-electron chi connectivity index (χ1n) is 12.1. The summed E-state index contributed by atoms with van der Waals surface area (Å²) >= 11 is 0. The van der Waals surface area contributed by atoms with E-state index in [2.05, 4.69) is 53.7 Å². The molecule has 2 aromatic rings. The standard InChI is InChI=1S/C30H28F2N2/c1-15-13-27(3)23(29(5)19-9-7-17(31)11-21(19)33-25(15)29)24-28(27,4)14-16(2)26-30(24,6)20-10-8-18(32)12-22(20)34-26/h7-14,23-24H,1-6H3/t23-,24-,27-,28-,29-,30-/m1/s1. The van der Waals surface area contributed by atoms with Gasteiger partial charge in [0.1, 0.15) is 11.6 Å². The second-order valence-electron chi connectivity index (χ2n) is 11.8. The van der Waals surface area contributed by atoms with Gasteiger partial charge < -0.3 is 0 Å². The molecule has 0 bridgehead atoms. The van der Waals surface area contributed by atoms with Crippen molar-refractivity contribution >= 4 is 22.8 Å². The summed E-state index contributed by atoms with van der Waals surface area (Å²) in [6.07, 6.45) is 4.85. The van der Waals surface area contributed by atoms with Crippen molar-refractivity contribution in [2.75, 3.05) is 0 Å². The van der Waals surface area contributed by atoms with Crippen LogP contribution in [0.2, 0.25) is 0 Å². The molecule has 2 aromatic carbocycles. The van der Waals surface area contributed by atoms with E-state index >= 15 is 0 Å². The van der Waals surface area contributed by atoms with Gasteiger partial charge in [-0.2, -0.15) is 0 Å². The zero-order chi connectivity index (χ0) is 24.0. The molecule has 0 unspecified atom stereocenters. The normalized spacial score (nSPS) is 40.4. The van der Waals surface area contributed by atoms with Gasteiger partial charge in [0.25, 0.3) is 0 Å². The SMILES string of the molecule is CC1=C[C@]2(C)[C@@H]([C@H]3[C@]4(C)C(=Nc5cc(F)ccc54)C(C)=C[C@]32C)[C@]2(C)C1=Nc1cc(F)ccc12. The van der Waals surface area contributed by atoms with Crippen LogP contribution in [0.4, 0.5) is 20.2 Å². The lowest BCUT2D eigenvalue weighted by Gasteiger charge is -2.76. The number of fused-ring (bicyclic) bond motifs is 12. The molecule has 2 aliphatic heterocycles. The molecule has 3 aliphatic carbocycles. The number of hydrogen-bond donors (Lipinski definition) is 0. The van der Waals surface area contributed by atoms with Crippen molar-refractivity contribution in [1.29, 1.82) is 0 Å². The molecule has 0 aromatic heterocycles. The highest BCUT2D eigenvalue weighted by molar-refractivity contribution is 6.16. The Morgan fingerprint density at radius 2 is 1.03 bits per heavy atom. The number of allylic oxidation sites excluding steroid dienone is 4. The largest absolute Gasteiger partial charge is 0.252 e. The molecule has 1 fully saturated rings. The van der Waals surface area contributed by atoms with Crippen molar-refractivity contribution in [3.63, 3.8) is 0 Å². The van der Waals surface area contributed by atoms with Crippen LogP contribution in [0.1, 0.15) is 52.7 Å². The van der Waals surface area contributed by atoms with E-state index in [4.69, 9.17) is 9.98 Å². The van der Waals surface area contributed by atoms with Crippen molar-refractivity contribution in [1.82, 2.24) is 0 Å². The molecule has 172 valence electrons. The number of rotatable bonds is 0. The van der Waals surface area contributed by atoms with E-state index in [0.717, 1.165) is 33.9 Å². The van der Waals surface area contributed by atoms with Crippen molar-refractivity contribution in [2.24, 2.45) is 32.7 Å². The topological polar surface area (TPSA) is 24.7 Å². The molecule has 0 amide bonds. The van der Waals surface area contributed by atoms with Crippen LogP contribution in [-0.2, 0) is 10.8 Å². The minimum Gasteiger partial charge on any atom is -0.252 e. The van der Waals surface area contributed by atoms with Crippen LogP contribution >= 0.6 is 0 Å². The lowest BCUT2D eigenvalue weighted by Crippen LogP contribution is -2.75. The summed E-state index contributed by atoms with van der Waals surface area (Å²) in [6.45, 7) is 13.7. The Hall–Kier alpha value is -2.88. The van der Waals surface area contributed by atoms with E-state index in [1.807, 2.05) is 12.1 Å². The maximum Gasteiger partial charge on any atom is 0.125 e. The third kappa shape index (κ3) is 1.90. The summed E-state index contributed by atoms with van der Waals surface area (Å²) in [5.41, 5.74) is 7.32. The highest BCUT2D eigenvalue weighted by Gasteiger charge is 2.78. The van der Waals surface area contributed by atoms with Gasteiger partial charge in [0, 0.05) is 10.8 Å². The molecular weight excluding hydrogens is 426 g/mol. The van der Waals surface area contributed by atoms with Crippen molar-refractivity contribution < 1.29 is 8.78 Å². The van der Waals surface area contributed by atoms with Crippen LogP contribution < -0.4 is 0 Å². The summed E-state index contributed by atoms with van der Waals surface area (Å²) in [7, 11) is 0. The van der Waals surface area contributed by atoms with Crippen LogP contribution in [0.5, 0.6) is 0 Å². The Kier molecular flexibility index (Phi) is 3.42. The average molecular weight is 455 g/mol. The van der Waals surface area contributed by atoms with Gasteiger partial charge in [0.05, 0.1) is 22.8 Å². The third-order valence-corrected chi connectivity index (χ3v) is 10.3. The number of hydrogen-bond acceptors (Lipinski definition) is 2. The molecule has 4 heteroatoms. The third-order valence-electron chi connectivity index (χ3n) is 10.3. The average Bonchev–Trinajstić information content (AvgIpc) is 3.22. The quantitative estimate of drug-likeness (QED) is 0.393. The Morgan fingerprint density at radius 3 is 1.41 bits per heavy atom. The van der Waals surface area contributed by atoms with Gasteiger partial charge in [0.15, 0.2) is 0 Å². The summed E-state index contributed by atoms with van der Waals surface area (Å²) in [6, 6.07) is 10.2. The number of aliphatic imine (C=N–C) groups is 2. The molecular formula is C30H28F2N2. The molecule has 0 N–H and O–H groups in total. The number of nitrogens with zero attached hydrogens (tertiary/aromatic N) is 2. The number of benzene rings is 2. The zero-order valence-corrected chi connectivity index (χ0v) is 20.4. The second-order valence-corrected chi connectivity index (χ2v) is 11.8. The molecule has 0 spiro atoms. The van der Waals surface area contributed by atoms with E-state index in [-0.39, 0.29) is 45.1 Å². The predicted octanol–water partition coefficient (Wildman–Crippen LogP) is 7.53. The second kappa shape index (κ2) is 5.67. The minimum atomic E-state index is -0.337. The molecule has 2 nitrogen and oxygen atoms in total. The fourth-order valence-corrected chi connectivity index (χ4v) is 9.09. The maximum absolute atomic E-state index is 14.2. The van der Waals surface area contributed by atoms with Gasteiger partial charge in [-0.1, -0.05) is 38.1 Å². The lowest BCUT2D eigenvalue weighted by atomic mass is 9.26. The molecule has 0 radical (unpaired) electrons. The predicted molar refractivity (Wildman–Crippen MR) is 132 cm³/mol. The van der Waals surface area contributed by atoms with Gasteiger partial charge >= 0.3 is 0 Å². The van der Waals surface area contributed by atoms with E-state index in [9.17, 15) is 8.78 Å². The van der Waals surface area contributed by atoms with Gasteiger partial charge in [-0.3, -0.25) is 9.98 Å². The van der Waals surface area contributed by atoms with Crippen molar-refractivity contribution in [3.05, 3.63) is 82.5 Å².